The molecule has 0 amide bonds. The van der Waals surface area contributed by atoms with Crippen LogP contribution in [0.5, 0.6) is 5.75 Å². The monoisotopic (exact) mass is 286 g/mol. The van der Waals surface area contributed by atoms with E-state index in [4.69, 9.17) is 4.74 Å². The summed E-state index contributed by atoms with van der Waals surface area (Å²) < 4.78 is 18.7. The molecule has 0 aromatic heterocycles. The lowest BCUT2D eigenvalue weighted by Gasteiger charge is -2.23. The molecular formula is C13H19FN2O4. The van der Waals surface area contributed by atoms with E-state index in [0.717, 1.165) is 25.1 Å². The van der Waals surface area contributed by atoms with Gasteiger partial charge in [0, 0.05) is 12.6 Å². The van der Waals surface area contributed by atoms with Gasteiger partial charge in [-0.1, -0.05) is 13.0 Å². The van der Waals surface area contributed by atoms with Gasteiger partial charge in [0.1, 0.15) is 12.2 Å². The zero-order valence-corrected chi connectivity index (χ0v) is 11.6. The molecule has 0 aliphatic carbocycles. The number of nitro groups is 1. The van der Waals surface area contributed by atoms with E-state index in [2.05, 4.69) is 5.32 Å². The quantitative estimate of drug-likeness (QED) is 0.433. The fourth-order valence-corrected chi connectivity index (χ4v) is 1.60. The Morgan fingerprint density at radius 2 is 2.25 bits per heavy atom. The number of nitrogens with one attached hydrogen (secondary N) is 1. The summed E-state index contributed by atoms with van der Waals surface area (Å²) in [4.78, 5) is 10.1. The molecule has 112 valence electrons. The van der Waals surface area contributed by atoms with Crippen molar-refractivity contribution in [1.82, 2.24) is 5.32 Å². The number of para-hydroxylation sites is 1. The molecule has 1 aromatic rings. The summed E-state index contributed by atoms with van der Waals surface area (Å²) in [6, 6.07) is 3.47. The summed E-state index contributed by atoms with van der Waals surface area (Å²) in [5.41, 5.74) is -1.70. The Morgan fingerprint density at radius 3 is 2.85 bits per heavy atom. The second kappa shape index (κ2) is 7.16. The summed E-state index contributed by atoms with van der Waals surface area (Å²) in [5.74, 6) is -1.27. The van der Waals surface area contributed by atoms with Crippen LogP contribution in [-0.2, 0) is 0 Å². The number of benzene rings is 1. The van der Waals surface area contributed by atoms with Crippen LogP contribution >= 0.6 is 0 Å². The number of ether oxygens (including phenoxy) is 1. The highest BCUT2D eigenvalue weighted by Gasteiger charge is 2.25. The average molecular weight is 286 g/mol. The summed E-state index contributed by atoms with van der Waals surface area (Å²) in [7, 11) is 0. The minimum absolute atomic E-state index is 0.245. The van der Waals surface area contributed by atoms with Gasteiger partial charge in [0.2, 0.25) is 5.75 Å². The Kier molecular flexibility index (Phi) is 5.84. The highest BCUT2D eigenvalue weighted by molar-refractivity contribution is 5.46. The van der Waals surface area contributed by atoms with Crippen molar-refractivity contribution in [3.8, 4) is 5.75 Å². The van der Waals surface area contributed by atoms with Crippen molar-refractivity contribution >= 4 is 5.69 Å². The molecule has 0 bridgehead atoms. The predicted molar refractivity (Wildman–Crippen MR) is 72.3 cm³/mol. The minimum atomic E-state index is -1.24. The fourth-order valence-electron chi connectivity index (χ4n) is 1.60. The Labute approximate surface area is 116 Å². The van der Waals surface area contributed by atoms with Crippen LogP contribution < -0.4 is 10.1 Å². The molecule has 7 heteroatoms. The second-order valence-electron chi connectivity index (χ2n) is 4.81. The Balaban J connectivity index is 2.72. The van der Waals surface area contributed by atoms with E-state index in [1.165, 1.54) is 13.0 Å². The highest BCUT2D eigenvalue weighted by Crippen LogP contribution is 2.30. The van der Waals surface area contributed by atoms with E-state index in [9.17, 15) is 19.6 Å². The lowest BCUT2D eigenvalue weighted by molar-refractivity contribution is -0.386. The Hall–Kier alpha value is -1.73. The molecule has 0 aliphatic rings. The third kappa shape index (κ3) is 4.75. The first kappa shape index (κ1) is 16.3. The number of aliphatic hydroxyl groups is 1. The maximum atomic E-state index is 13.6. The lowest BCUT2D eigenvalue weighted by atomic mass is 10.1. The van der Waals surface area contributed by atoms with Crippen molar-refractivity contribution in [2.45, 2.75) is 25.9 Å². The van der Waals surface area contributed by atoms with Gasteiger partial charge in [-0.15, -0.1) is 0 Å². The van der Waals surface area contributed by atoms with Crippen LogP contribution in [0.15, 0.2) is 18.2 Å². The highest BCUT2D eigenvalue weighted by atomic mass is 19.1. The maximum Gasteiger partial charge on any atom is 0.314 e. The molecule has 1 aromatic carbocycles. The molecule has 0 heterocycles. The molecule has 0 saturated heterocycles. The van der Waals surface area contributed by atoms with E-state index in [0.29, 0.717) is 0 Å². The number of halogens is 1. The van der Waals surface area contributed by atoms with E-state index in [-0.39, 0.29) is 13.2 Å². The smallest absolute Gasteiger partial charge is 0.314 e. The van der Waals surface area contributed by atoms with Gasteiger partial charge in [0.25, 0.3) is 0 Å². The van der Waals surface area contributed by atoms with Gasteiger partial charge < -0.3 is 15.2 Å². The van der Waals surface area contributed by atoms with Crippen molar-refractivity contribution in [3.63, 3.8) is 0 Å². The van der Waals surface area contributed by atoms with Crippen LogP contribution in [0, 0.1) is 15.9 Å². The van der Waals surface area contributed by atoms with E-state index in [1.807, 2.05) is 6.92 Å². The lowest BCUT2D eigenvalue weighted by Crippen LogP contribution is -2.43. The maximum absolute atomic E-state index is 13.6. The number of nitro benzene ring substituents is 1. The molecule has 1 rings (SSSR count). The van der Waals surface area contributed by atoms with Gasteiger partial charge in [-0.25, -0.2) is 4.39 Å². The van der Waals surface area contributed by atoms with Crippen molar-refractivity contribution in [3.05, 3.63) is 34.1 Å². The molecule has 0 aliphatic heterocycles. The molecular weight excluding hydrogens is 267 g/mol. The van der Waals surface area contributed by atoms with Gasteiger partial charge >= 0.3 is 5.69 Å². The van der Waals surface area contributed by atoms with Gasteiger partial charge in [-0.05, 0) is 26.0 Å². The third-order valence-corrected chi connectivity index (χ3v) is 2.60. The van der Waals surface area contributed by atoms with E-state index < -0.39 is 27.8 Å². The average Bonchev–Trinajstić information content (AvgIpc) is 2.37. The summed E-state index contributed by atoms with van der Waals surface area (Å²) >= 11 is 0. The van der Waals surface area contributed by atoms with E-state index in [1.54, 1.807) is 0 Å². The fraction of sp³-hybridized carbons (Fsp3) is 0.538. The van der Waals surface area contributed by atoms with Crippen LogP contribution in [-0.4, -0.2) is 35.3 Å². The second-order valence-corrected chi connectivity index (χ2v) is 4.81. The first-order valence-electron chi connectivity index (χ1n) is 6.36. The Bertz CT molecular complexity index is 466. The zero-order chi connectivity index (χ0) is 15.2. The normalized spacial score (nSPS) is 13.8. The van der Waals surface area contributed by atoms with Crippen molar-refractivity contribution in [2.75, 3.05) is 19.7 Å². The molecule has 2 N–H and O–H groups in total. The van der Waals surface area contributed by atoms with Crippen molar-refractivity contribution in [1.29, 1.82) is 0 Å². The number of rotatable bonds is 8. The molecule has 1 atom stereocenters. The summed E-state index contributed by atoms with van der Waals surface area (Å²) in [6.07, 6.45) is 0.912. The number of nitrogens with zero attached hydrogens (tertiary/aromatic N) is 1. The predicted octanol–water partition coefficient (Wildman–Crippen LogP) is 1.86. The van der Waals surface area contributed by atoms with Crippen LogP contribution in [0.25, 0.3) is 0 Å². The molecule has 0 saturated carbocycles. The molecule has 6 nitrogen and oxygen atoms in total. The van der Waals surface area contributed by atoms with Crippen molar-refractivity contribution < 1.29 is 19.2 Å². The van der Waals surface area contributed by atoms with Gasteiger partial charge in [-0.3, -0.25) is 10.1 Å². The first-order valence-corrected chi connectivity index (χ1v) is 6.36. The molecule has 1 unspecified atom stereocenters. The van der Waals surface area contributed by atoms with E-state index >= 15 is 0 Å². The number of hydrogen-bond donors (Lipinski definition) is 2. The largest absolute Gasteiger partial charge is 0.482 e. The molecule has 20 heavy (non-hydrogen) atoms. The SMILES string of the molecule is CCCNCC(C)(O)COc1c(F)cccc1[N+](=O)[O-]. The minimum Gasteiger partial charge on any atom is -0.482 e. The summed E-state index contributed by atoms with van der Waals surface area (Å²) in [6.45, 7) is 4.24. The van der Waals surface area contributed by atoms with Crippen molar-refractivity contribution in [2.24, 2.45) is 0 Å². The van der Waals surface area contributed by atoms with Gasteiger partial charge in [-0.2, -0.15) is 0 Å². The van der Waals surface area contributed by atoms with Gasteiger partial charge in [0.05, 0.1) is 4.92 Å². The molecule has 0 spiro atoms. The van der Waals surface area contributed by atoms with Crippen LogP contribution in [0.1, 0.15) is 20.3 Å². The van der Waals surface area contributed by atoms with Crippen LogP contribution in [0.4, 0.5) is 10.1 Å². The standard InChI is InChI=1S/C13H19FN2O4/c1-3-7-15-8-13(2,17)9-20-12-10(14)5-4-6-11(12)16(18)19/h4-6,15,17H,3,7-9H2,1-2H3. The molecule has 0 fully saturated rings. The van der Waals surface area contributed by atoms with Crippen LogP contribution in [0.2, 0.25) is 0 Å². The zero-order valence-electron chi connectivity index (χ0n) is 11.6. The van der Waals surface area contributed by atoms with Gasteiger partial charge in [0.15, 0.2) is 5.82 Å². The first-order chi connectivity index (χ1) is 9.37. The van der Waals surface area contributed by atoms with Crippen LogP contribution in [0.3, 0.4) is 0 Å². The summed E-state index contributed by atoms with van der Waals surface area (Å²) in [5, 5.41) is 23.8. The topological polar surface area (TPSA) is 84.6 Å². The molecule has 0 radical (unpaired) electrons. The third-order valence-electron chi connectivity index (χ3n) is 2.60. The Morgan fingerprint density at radius 1 is 1.55 bits per heavy atom. The number of hydrogen-bond acceptors (Lipinski definition) is 5.